The Bertz CT molecular complexity index is 716. The van der Waals surface area contributed by atoms with Gasteiger partial charge in [0.15, 0.2) is 0 Å². The van der Waals surface area contributed by atoms with Crippen LogP contribution in [0.5, 0.6) is 0 Å². The van der Waals surface area contributed by atoms with E-state index in [9.17, 15) is 13.2 Å². The topological polar surface area (TPSA) is 101 Å². The molecule has 2 aliphatic rings. The van der Waals surface area contributed by atoms with E-state index in [1.165, 1.54) is 0 Å². The molecule has 4 N–H and O–H groups in total. The number of nitrogens with one attached hydrogen (secondary N) is 2. The number of hydrogen-bond acceptors (Lipinski definition) is 4. The van der Waals surface area contributed by atoms with E-state index in [0.29, 0.717) is 29.6 Å². The molecule has 1 aromatic rings. The Morgan fingerprint density at radius 2 is 1.80 bits per heavy atom. The maximum absolute atomic E-state index is 12.5. The Morgan fingerprint density at radius 1 is 1.16 bits per heavy atom. The molecule has 2 aliphatic carbocycles. The van der Waals surface area contributed by atoms with Gasteiger partial charge in [-0.05, 0) is 61.8 Å². The Balaban J connectivity index is 1.58. The van der Waals surface area contributed by atoms with Gasteiger partial charge in [-0.1, -0.05) is 13.3 Å². The fourth-order valence-electron chi connectivity index (χ4n) is 4.14. The summed E-state index contributed by atoms with van der Waals surface area (Å²) in [4.78, 5) is 12.5. The Morgan fingerprint density at radius 3 is 2.40 bits per heavy atom. The van der Waals surface area contributed by atoms with Gasteiger partial charge < -0.3 is 11.1 Å². The minimum Gasteiger partial charge on any atom is -0.327 e. The van der Waals surface area contributed by atoms with Gasteiger partial charge in [-0.2, -0.15) is 0 Å². The number of anilines is 2. The van der Waals surface area contributed by atoms with Crippen LogP contribution in [0.4, 0.5) is 11.4 Å². The van der Waals surface area contributed by atoms with Crippen molar-refractivity contribution in [3.05, 3.63) is 24.3 Å². The van der Waals surface area contributed by atoms with Crippen molar-refractivity contribution in [1.29, 1.82) is 0 Å². The summed E-state index contributed by atoms with van der Waals surface area (Å²) in [5, 5.41) is 2.93. The maximum atomic E-state index is 12.5. The number of unbranched alkanes of at least 4 members (excludes halogenated alkanes) is 1. The van der Waals surface area contributed by atoms with Crippen molar-refractivity contribution in [3.8, 4) is 0 Å². The number of carbonyl (C=O) groups is 1. The van der Waals surface area contributed by atoms with E-state index in [2.05, 4.69) is 10.0 Å². The molecule has 0 heterocycles. The second-order valence-corrected chi connectivity index (χ2v) is 9.12. The Hall–Kier alpha value is -1.60. The molecule has 1 amide bonds. The highest BCUT2D eigenvalue weighted by Gasteiger charge is 2.49. The van der Waals surface area contributed by atoms with Crippen molar-refractivity contribution in [2.75, 3.05) is 15.8 Å². The lowest BCUT2D eigenvalue weighted by Crippen LogP contribution is -2.42. The van der Waals surface area contributed by atoms with E-state index in [4.69, 9.17) is 5.73 Å². The van der Waals surface area contributed by atoms with Crippen molar-refractivity contribution < 1.29 is 13.2 Å². The zero-order chi connectivity index (χ0) is 18.0. The first kappa shape index (κ1) is 18.2. The van der Waals surface area contributed by atoms with E-state index >= 15 is 0 Å². The van der Waals surface area contributed by atoms with E-state index in [1.54, 1.807) is 24.3 Å². The largest absolute Gasteiger partial charge is 0.327 e. The number of benzene rings is 1. The minimum absolute atomic E-state index is 0.0176. The normalized spacial score (nSPS) is 28.1. The highest BCUT2D eigenvalue weighted by molar-refractivity contribution is 7.92. The quantitative estimate of drug-likeness (QED) is 0.691. The van der Waals surface area contributed by atoms with Crippen molar-refractivity contribution >= 4 is 27.3 Å². The van der Waals surface area contributed by atoms with E-state index < -0.39 is 10.0 Å². The van der Waals surface area contributed by atoms with E-state index in [-0.39, 0.29) is 23.6 Å². The number of carbonyl (C=O) groups excluding carboxylic acids is 1. The number of sulfonamides is 1. The smallest absolute Gasteiger partial charge is 0.232 e. The molecule has 0 radical (unpaired) electrons. The molecule has 3 rings (SSSR count). The second kappa shape index (κ2) is 7.33. The van der Waals surface area contributed by atoms with Gasteiger partial charge in [0.1, 0.15) is 0 Å². The molecule has 0 saturated heterocycles. The first-order valence-electron chi connectivity index (χ1n) is 9.06. The summed E-state index contributed by atoms with van der Waals surface area (Å²) in [5.74, 6) is 0.886. The maximum Gasteiger partial charge on any atom is 0.232 e. The van der Waals surface area contributed by atoms with Gasteiger partial charge in [-0.15, -0.1) is 0 Å². The standard InChI is InChI=1S/C18H27N3O3S/c1-2-3-10-25(23,24)21-15-8-6-14(7-9-15)20-18(22)16-12-4-5-13(11-12)17(16)19/h6-9,12-13,16-17,21H,2-5,10-11,19H2,1H3,(H,20,22). The van der Waals surface area contributed by atoms with E-state index in [0.717, 1.165) is 25.7 Å². The summed E-state index contributed by atoms with van der Waals surface area (Å²) in [6, 6.07) is 6.73. The van der Waals surface area contributed by atoms with Crippen LogP contribution in [0.1, 0.15) is 39.0 Å². The average Bonchev–Trinajstić information content (AvgIpc) is 3.15. The minimum atomic E-state index is -3.31. The van der Waals surface area contributed by atoms with Crippen molar-refractivity contribution in [2.45, 2.75) is 45.1 Å². The van der Waals surface area contributed by atoms with Gasteiger partial charge in [0, 0.05) is 17.4 Å². The Kier molecular flexibility index (Phi) is 5.34. The zero-order valence-electron chi connectivity index (χ0n) is 14.6. The van der Waals surface area contributed by atoms with Crippen LogP contribution in [-0.4, -0.2) is 26.1 Å². The second-order valence-electron chi connectivity index (χ2n) is 7.28. The van der Waals surface area contributed by atoms with Gasteiger partial charge in [0.25, 0.3) is 0 Å². The summed E-state index contributed by atoms with van der Waals surface area (Å²) in [5.41, 5.74) is 7.38. The highest BCUT2D eigenvalue weighted by Crippen LogP contribution is 2.47. The predicted molar refractivity (Wildman–Crippen MR) is 99.7 cm³/mol. The molecule has 2 saturated carbocycles. The first-order valence-corrected chi connectivity index (χ1v) is 10.7. The third-order valence-corrected chi connectivity index (χ3v) is 6.85. The molecular formula is C18H27N3O3S. The van der Waals surface area contributed by atoms with Gasteiger partial charge in [-0.25, -0.2) is 8.42 Å². The predicted octanol–water partition coefficient (Wildman–Crippen LogP) is 2.54. The van der Waals surface area contributed by atoms with Crippen molar-refractivity contribution in [1.82, 2.24) is 0 Å². The summed E-state index contributed by atoms with van der Waals surface area (Å²) in [6.07, 6.45) is 4.76. The third kappa shape index (κ3) is 4.15. The third-order valence-electron chi connectivity index (χ3n) is 5.48. The molecule has 25 heavy (non-hydrogen) atoms. The summed E-state index contributed by atoms with van der Waals surface area (Å²) in [7, 11) is -3.31. The lowest BCUT2D eigenvalue weighted by Gasteiger charge is -2.27. The summed E-state index contributed by atoms with van der Waals surface area (Å²) in [6.45, 7) is 1.95. The van der Waals surface area contributed by atoms with E-state index in [1.807, 2.05) is 6.92 Å². The average molecular weight is 365 g/mol. The molecule has 138 valence electrons. The molecule has 0 aromatic heterocycles. The highest BCUT2D eigenvalue weighted by atomic mass is 32.2. The fourth-order valence-corrected chi connectivity index (χ4v) is 5.40. The number of fused-ring (bicyclic) bond motifs is 2. The lowest BCUT2D eigenvalue weighted by atomic mass is 9.84. The number of rotatable bonds is 7. The molecule has 7 heteroatoms. The van der Waals surface area contributed by atoms with Crippen LogP contribution in [0.3, 0.4) is 0 Å². The van der Waals surface area contributed by atoms with Crippen LogP contribution >= 0.6 is 0 Å². The van der Waals surface area contributed by atoms with Crippen LogP contribution in [0.25, 0.3) is 0 Å². The first-order chi connectivity index (χ1) is 11.9. The van der Waals surface area contributed by atoms with Gasteiger partial charge in [-0.3, -0.25) is 9.52 Å². The van der Waals surface area contributed by atoms with Crippen molar-refractivity contribution in [2.24, 2.45) is 23.5 Å². The Labute approximate surface area is 149 Å². The van der Waals surface area contributed by atoms with Gasteiger partial charge in [0.05, 0.1) is 11.7 Å². The molecule has 0 spiro atoms. The molecule has 0 aliphatic heterocycles. The molecule has 2 fully saturated rings. The zero-order valence-corrected chi connectivity index (χ0v) is 15.4. The molecule has 2 bridgehead atoms. The van der Waals surface area contributed by atoms with Crippen molar-refractivity contribution in [3.63, 3.8) is 0 Å². The SMILES string of the molecule is CCCCS(=O)(=O)Nc1ccc(NC(=O)C2C3CCC(C3)C2N)cc1. The fraction of sp³-hybridized carbons (Fsp3) is 0.611. The van der Waals surface area contributed by atoms with Crippen LogP contribution in [0.2, 0.25) is 0 Å². The van der Waals surface area contributed by atoms with Crippen LogP contribution in [0.15, 0.2) is 24.3 Å². The monoisotopic (exact) mass is 365 g/mol. The molecule has 4 unspecified atom stereocenters. The summed E-state index contributed by atoms with van der Waals surface area (Å²) >= 11 is 0. The van der Waals surface area contributed by atoms with Crippen LogP contribution in [-0.2, 0) is 14.8 Å². The molecular weight excluding hydrogens is 338 g/mol. The van der Waals surface area contributed by atoms with Gasteiger partial charge >= 0.3 is 0 Å². The molecule has 4 atom stereocenters. The number of hydrogen-bond donors (Lipinski definition) is 3. The summed E-state index contributed by atoms with van der Waals surface area (Å²) < 4.78 is 26.4. The van der Waals surface area contributed by atoms with Gasteiger partial charge in [0.2, 0.25) is 15.9 Å². The molecule has 6 nitrogen and oxygen atoms in total. The lowest BCUT2D eigenvalue weighted by molar-refractivity contribution is -0.121. The van der Waals surface area contributed by atoms with Crippen LogP contribution in [0, 0.1) is 17.8 Å². The van der Waals surface area contributed by atoms with Crippen LogP contribution < -0.4 is 15.8 Å². The molecule has 1 aromatic carbocycles. The number of amides is 1. The number of nitrogens with two attached hydrogens (primary N) is 1.